The summed E-state index contributed by atoms with van der Waals surface area (Å²) in [5.74, 6) is -1.27. The lowest BCUT2D eigenvalue weighted by molar-refractivity contribution is -0.138. The third kappa shape index (κ3) is 4.17. The van der Waals surface area contributed by atoms with E-state index in [2.05, 4.69) is 51.2 Å². The highest BCUT2D eigenvalue weighted by Gasteiger charge is 2.20. The van der Waals surface area contributed by atoms with E-state index in [0.717, 1.165) is 18.3 Å². The third-order valence-corrected chi connectivity index (χ3v) is 4.11. The van der Waals surface area contributed by atoms with Crippen LogP contribution in [0.5, 0.6) is 0 Å². The minimum absolute atomic E-state index is 0.491. The molecule has 0 radical (unpaired) electrons. The van der Waals surface area contributed by atoms with Crippen LogP contribution in [-0.2, 0) is 11.2 Å². The van der Waals surface area contributed by atoms with Gasteiger partial charge in [0.05, 0.1) is 5.92 Å². The van der Waals surface area contributed by atoms with E-state index in [-0.39, 0.29) is 0 Å². The minimum atomic E-state index is -0.778. The van der Waals surface area contributed by atoms with E-state index in [9.17, 15) is 9.90 Å². The summed E-state index contributed by atoms with van der Waals surface area (Å²) in [5, 5.41) is 9.42. The highest BCUT2D eigenvalue weighted by molar-refractivity contribution is 14.1. The van der Waals surface area contributed by atoms with Crippen LogP contribution in [0.15, 0.2) is 48.5 Å². The van der Waals surface area contributed by atoms with Crippen LogP contribution < -0.4 is 0 Å². The molecule has 98 valence electrons. The molecule has 2 aromatic carbocycles. The van der Waals surface area contributed by atoms with Gasteiger partial charge in [0, 0.05) is 7.14 Å². The molecule has 2 nitrogen and oxygen atoms in total. The van der Waals surface area contributed by atoms with E-state index in [1.165, 1.54) is 0 Å². The average Bonchev–Trinajstić information content (AvgIpc) is 2.35. The molecule has 2 rings (SSSR count). The van der Waals surface area contributed by atoms with Crippen LogP contribution in [0.1, 0.15) is 17.0 Å². The molecular weight excluding hydrogens is 466 g/mol. The van der Waals surface area contributed by atoms with Crippen molar-refractivity contribution < 1.29 is 9.90 Å². The molecule has 0 aliphatic rings. The quantitative estimate of drug-likeness (QED) is 0.666. The summed E-state index contributed by atoms with van der Waals surface area (Å²) >= 11 is 4.52. The van der Waals surface area contributed by atoms with E-state index in [1.54, 1.807) is 0 Å². The van der Waals surface area contributed by atoms with Crippen LogP contribution in [0.4, 0.5) is 0 Å². The van der Waals surface area contributed by atoms with Crippen molar-refractivity contribution >= 4 is 51.2 Å². The predicted octanol–water partition coefficient (Wildman–Crippen LogP) is 4.31. The first-order chi connectivity index (χ1) is 9.06. The molecule has 0 saturated carbocycles. The van der Waals surface area contributed by atoms with Gasteiger partial charge < -0.3 is 5.11 Å². The van der Waals surface area contributed by atoms with Gasteiger partial charge in [-0.1, -0.05) is 30.3 Å². The van der Waals surface area contributed by atoms with Crippen LogP contribution in [-0.4, -0.2) is 11.1 Å². The molecule has 0 fully saturated rings. The van der Waals surface area contributed by atoms with Gasteiger partial charge in [0.15, 0.2) is 0 Å². The fourth-order valence-electron chi connectivity index (χ4n) is 2.00. The first kappa shape index (κ1) is 14.8. The second kappa shape index (κ2) is 6.69. The van der Waals surface area contributed by atoms with Crippen molar-refractivity contribution in [3.05, 3.63) is 66.8 Å². The molecule has 0 heterocycles. The molecule has 0 spiro atoms. The van der Waals surface area contributed by atoms with Gasteiger partial charge in [0.1, 0.15) is 0 Å². The summed E-state index contributed by atoms with van der Waals surface area (Å²) in [7, 11) is 0. The Kier molecular flexibility index (Phi) is 5.20. The SMILES string of the molecule is O=C(O)C(Cc1cc(I)cc(I)c1)c1ccccc1. The number of hydrogen-bond donors (Lipinski definition) is 1. The standard InChI is InChI=1S/C15H12I2O2/c16-12-6-10(7-13(17)9-12)8-14(15(18)19)11-4-2-1-3-5-11/h1-7,9,14H,8H2,(H,18,19). The zero-order valence-electron chi connectivity index (χ0n) is 10.0. The van der Waals surface area contributed by atoms with Crippen LogP contribution in [0.3, 0.4) is 0 Å². The second-order valence-corrected chi connectivity index (χ2v) is 6.77. The fourth-order valence-corrected chi connectivity index (χ4v) is 4.06. The van der Waals surface area contributed by atoms with Gasteiger partial charge >= 0.3 is 5.97 Å². The van der Waals surface area contributed by atoms with Crippen molar-refractivity contribution in [2.45, 2.75) is 12.3 Å². The van der Waals surface area contributed by atoms with Gasteiger partial charge in [-0.3, -0.25) is 4.79 Å². The van der Waals surface area contributed by atoms with E-state index >= 15 is 0 Å². The number of rotatable bonds is 4. The Morgan fingerprint density at radius 2 is 1.63 bits per heavy atom. The Hall–Kier alpha value is -0.630. The third-order valence-electron chi connectivity index (χ3n) is 2.86. The molecule has 0 aromatic heterocycles. The number of carboxylic acids is 1. The van der Waals surface area contributed by atoms with E-state index in [4.69, 9.17) is 0 Å². The van der Waals surface area contributed by atoms with Crippen LogP contribution in [0.2, 0.25) is 0 Å². The molecule has 4 heteroatoms. The number of benzene rings is 2. The lowest BCUT2D eigenvalue weighted by atomic mass is 9.92. The molecule has 0 bridgehead atoms. The zero-order valence-corrected chi connectivity index (χ0v) is 14.3. The Balaban J connectivity index is 2.29. The topological polar surface area (TPSA) is 37.3 Å². The Bertz CT molecular complexity index is 562. The summed E-state index contributed by atoms with van der Waals surface area (Å²) in [5.41, 5.74) is 1.91. The summed E-state index contributed by atoms with van der Waals surface area (Å²) in [4.78, 5) is 11.5. The summed E-state index contributed by atoms with van der Waals surface area (Å²) in [6.45, 7) is 0. The molecule has 0 aliphatic heterocycles. The molecule has 0 saturated heterocycles. The molecule has 0 aliphatic carbocycles. The normalized spacial score (nSPS) is 12.1. The highest BCUT2D eigenvalue weighted by atomic mass is 127. The van der Waals surface area contributed by atoms with Gasteiger partial charge in [-0.25, -0.2) is 0 Å². The van der Waals surface area contributed by atoms with Gasteiger partial charge in [-0.2, -0.15) is 0 Å². The smallest absolute Gasteiger partial charge is 0.311 e. The molecular formula is C15H12I2O2. The number of carbonyl (C=O) groups is 1. The lowest BCUT2D eigenvalue weighted by Crippen LogP contribution is -2.14. The van der Waals surface area contributed by atoms with E-state index in [1.807, 2.05) is 42.5 Å². The predicted molar refractivity (Wildman–Crippen MR) is 92.4 cm³/mol. The lowest BCUT2D eigenvalue weighted by Gasteiger charge is -2.13. The zero-order chi connectivity index (χ0) is 13.8. The largest absolute Gasteiger partial charge is 0.481 e. The maximum absolute atomic E-state index is 11.5. The van der Waals surface area contributed by atoms with Crippen LogP contribution in [0.25, 0.3) is 0 Å². The fraction of sp³-hybridized carbons (Fsp3) is 0.133. The minimum Gasteiger partial charge on any atom is -0.481 e. The number of hydrogen-bond acceptors (Lipinski definition) is 1. The monoisotopic (exact) mass is 478 g/mol. The maximum Gasteiger partial charge on any atom is 0.311 e. The Morgan fingerprint density at radius 1 is 1.05 bits per heavy atom. The van der Waals surface area contributed by atoms with Gasteiger partial charge in [0.25, 0.3) is 0 Å². The van der Waals surface area contributed by atoms with Crippen LogP contribution in [0, 0.1) is 7.14 Å². The first-order valence-corrected chi connectivity index (χ1v) is 7.95. The van der Waals surface area contributed by atoms with Crippen molar-refractivity contribution in [3.63, 3.8) is 0 Å². The first-order valence-electron chi connectivity index (χ1n) is 5.79. The average molecular weight is 478 g/mol. The van der Waals surface area contributed by atoms with Gasteiger partial charge in [-0.15, -0.1) is 0 Å². The molecule has 0 amide bonds. The number of carboxylic acid groups (broad SMARTS) is 1. The summed E-state index contributed by atoms with van der Waals surface area (Å²) in [6, 6.07) is 15.6. The molecule has 1 unspecified atom stereocenters. The van der Waals surface area contributed by atoms with Crippen molar-refractivity contribution in [2.24, 2.45) is 0 Å². The highest BCUT2D eigenvalue weighted by Crippen LogP contribution is 2.23. The Labute approximate surface area is 139 Å². The number of aliphatic carboxylic acids is 1. The van der Waals surface area contributed by atoms with Crippen molar-refractivity contribution in [1.29, 1.82) is 0 Å². The van der Waals surface area contributed by atoms with Crippen molar-refractivity contribution in [2.75, 3.05) is 0 Å². The Morgan fingerprint density at radius 3 is 2.16 bits per heavy atom. The maximum atomic E-state index is 11.5. The molecule has 19 heavy (non-hydrogen) atoms. The molecule has 1 atom stereocenters. The van der Waals surface area contributed by atoms with Crippen molar-refractivity contribution in [3.8, 4) is 0 Å². The molecule has 1 N–H and O–H groups in total. The van der Waals surface area contributed by atoms with Crippen LogP contribution >= 0.6 is 45.2 Å². The van der Waals surface area contributed by atoms with Crippen molar-refractivity contribution in [1.82, 2.24) is 0 Å². The van der Waals surface area contributed by atoms with Gasteiger partial charge in [0.2, 0.25) is 0 Å². The van der Waals surface area contributed by atoms with E-state index in [0.29, 0.717) is 6.42 Å². The second-order valence-electron chi connectivity index (χ2n) is 4.28. The van der Waals surface area contributed by atoms with Gasteiger partial charge in [-0.05, 0) is 80.9 Å². The summed E-state index contributed by atoms with van der Waals surface area (Å²) in [6.07, 6.45) is 0.520. The molecule has 2 aromatic rings. The number of halogens is 2. The summed E-state index contributed by atoms with van der Waals surface area (Å²) < 4.78 is 2.27. The van der Waals surface area contributed by atoms with E-state index < -0.39 is 11.9 Å².